The molecule has 2 bridgehead atoms. The van der Waals surface area contributed by atoms with E-state index in [1.165, 1.54) is 4.90 Å². The van der Waals surface area contributed by atoms with Gasteiger partial charge >= 0.3 is 5.97 Å². The van der Waals surface area contributed by atoms with Gasteiger partial charge in [-0.2, -0.15) is 0 Å². The fourth-order valence-electron chi connectivity index (χ4n) is 6.00. The Morgan fingerprint density at radius 3 is 2.26 bits per heavy atom. The fourth-order valence-corrected chi connectivity index (χ4v) is 6.00. The lowest BCUT2D eigenvalue weighted by atomic mass is 9.85. The Bertz CT molecular complexity index is 1220. The summed E-state index contributed by atoms with van der Waals surface area (Å²) in [5.74, 6) is -1.28. The molecule has 2 aliphatic carbocycles. The third-order valence-electron chi connectivity index (χ3n) is 7.62. The van der Waals surface area contributed by atoms with Crippen LogP contribution < -0.4 is 14.5 Å². The van der Waals surface area contributed by atoms with Crippen LogP contribution in [0.5, 0.6) is 5.75 Å². The molecule has 7 nitrogen and oxygen atoms in total. The SMILES string of the molecule is Cc1cc(OC(=O)[C@@H]2CC(=O)N(c3ccccc3)C2)ccc1N1C(=O)[C@@H]2[C@@H](C1=O)[C@H]1C=C[C@H]2C1. The zero-order valence-corrected chi connectivity index (χ0v) is 18.7. The molecule has 0 aromatic heterocycles. The van der Waals surface area contributed by atoms with Gasteiger partial charge < -0.3 is 9.64 Å². The van der Waals surface area contributed by atoms with Crippen LogP contribution in [0.3, 0.4) is 0 Å². The molecule has 7 heteroatoms. The molecule has 5 atom stereocenters. The smallest absolute Gasteiger partial charge is 0.316 e. The standard InChI is InChI=1S/C27H24N2O5/c1-15-11-20(34-27(33)18-13-22(30)28(14-18)19-5-3-2-4-6-19)9-10-21(15)29-25(31)23-16-7-8-17(12-16)24(23)26(29)32/h2-11,16-18,23-24H,12-14H2,1H3/t16-,17-,18+,23-,24-/m0/s1. The molecule has 2 heterocycles. The van der Waals surface area contributed by atoms with E-state index in [4.69, 9.17) is 4.74 Å². The molecule has 6 rings (SSSR count). The molecule has 0 unspecified atom stereocenters. The van der Waals surface area contributed by atoms with Gasteiger partial charge in [-0.25, -0.2) is 4.90 Å². The molecule has 0 radical (unpaired) electrons. The highest BCUT2D eigenvalue weighted by Gasteiger charge is 2.59. The lowest BCUT2D eigenvalue weighted by Gasteiger charge is -2.20. The largest absolute Gasteiger partial charge is 0.426 e. The van der Waals surface area contributed by atoms with Crippen molar-refractivity contribution in [1.29, 1.82) is 0 Å². The average molecular weight is 456 g/mol. The number of esters is 1. The first-order valence-electron chi connectivity index (χ1n) is 11.7. The Morgan fingerprint density at radius 2 is 1.62 bits per heavy atom. The van der Waals surface area contributed by atoms with E-state index >= 15 is 0 Å². The Morgan fingerprint density at radius 1 is 0.941 bits per heavy atom. The van der Waals surface area contributed by atoms with Gasteiger partial charge in [0.05, 0.1) is 23.4 Å². The third-order valence-corrected chi connectivity index (χ3v) is 7.62. The van der Waals surface area contributed by atoms with Gasteiger partial charge in [0, 0.05) is 18.7 Å². The molecule has 2 aromatic carbocycles. The lowest BCUT2D eigenvalue weighted by molar-refractivity contribution is -0.139. The number of benzene rings is 2. The monoisotopic (exact) mass is 456 g/mol. The number of anilines is 2. The van der Waals surface area contributed by atoms with Crippen molar-refractivity contribution in [3.05, 3.63) is 66.2 Å². The third kappa shape index (κ3) is 3.10. The summed E-state index contributed by atoms with van der Waals surface area (Å²) in [6, 6.07) is 14.2. The minimum atomic E-state index is -0.559. The number of hydrogen-bond acceptors (Lipinski definition) is 5. The van der Waals surface area contributed by atoms with Crippen LogP contribution in [0.15, 0.2) is 60.7 Å². The molecule has 2 aromatic rings. The number of amides is 3. The number of aryl methyl sites for hydroxylation is 1. The Hall–Kier alpha value is -3.74. The quantitative estimate of drug-likeness (QED) is 0.305. The molecule has 2 aliphatic heterocycles. The van der Waals surface area contributed by atoms with Gasteiger partial charge in [0.2, 0.25) is 17.7 Å². The number of rotatable bonds is 4. The Kier molecular flexibility index (Phi) is 4.69. The van der Waals surface area contributed by atoms with E-state index in [0.29, 0.717) is 17.0 Å². The van der Waals surface area contributed by atoms with Crippen LogP contribution in [0.2, 0.25) is 0 Å². The van der Waals surface area contributed by atoms with Crippen LogP contribution in [0.1, 0.15) is 18.4 Å². The summed E-state index contributed by atoms with van der Waals surface area (Å²) in [5.41, 5.74) is 1.98. The van der Waals surface area contributed by atoms with E-state index < -0.39 is 11.9 Å². The van der Waals surface area contributed by atoms with Crippen molar-refractivity contribution in [2.75, 3.05) is 16.3 Å². The van der Waals surface area contributed by atoms with E-state index in [9.17, 15) is 19.2 Å². The minimum Gasteiger partial charge on any atom is -0.426 e. The highest BCUT2D eigenvalue weighted by Crippen LogP contribution is 2.53. The number of allylic oxidation sites excluding steroid dienone is 2. The summed E-state index contributed by atoms with van der Waals surface area (Å²) >= 11 is 0. The van der Waals surface area contributed by atoms with Gasteiger partial charge in [0.15, 0.2) is 0 Å². The average Bonchev–Trinajstić information content (AvgIpc) is 3.59. The molecule has 34 heavy (non-hydrogen) atoms. The molecular weight excluding hydrogens is 432 g/mol. The van der Waals surface area contributed by atoms with Crippen molar-refractivity contribution in [2.45, 2.75) is 19.8 Å². The molecular formula is C27H24N2O5. The molecule has 0 N–H and O–H groups in total. The predicted molar refractivity (Wildman–Crippen MR) is 124 cm³/mol. The summed E-state index contributed by atoms with van der Waals surface area (Å²) in [7, 11) is 0. The zero-order chi connectivity index (χ0) is 23.6. The van der Waals surface area contributed by atoms with Crippen molar-refractivity contribution in [3.63, 3.8) is 0 Å². The number of ether oxygens (including phenoxy) is 1. The number of fused-ring (bicyclic) bond motifs is 5. The number of para-hydroxylation sites is 1. The van der Waals surface area contributed by atoms with Crippen molar-refractivity contribution in [3.8, 4) is 5.75 Å². The van der Waals surface area contributed by atoms with Crippen LogP contribution in [-0.2, 0) is 19.2 Å². The second-order valence-corrected chi connectivity index (χ2v) is 9.62. The predicted octanol–water partition coefficient (Wildman–Crippen LogP) is 3.27. The molecule has 0 spiro atoms. The van der Waals surface area contributed by atoms with Gasteiger partial charge in [-0.05, 0) is 61.1 Å². The highest BCUT2D eigenvalue weighted by atomic mass is 16.5. The maximum absolute atomic E-state index is 13.1. The minimum absolute atomic E-state index is 0.0979. The first kappa shape index (κ1) is 20.8. The van der Waals surface area contributed by atoms with Gasteiger partial charge in [0.25, 0.3) is 0 Å². The molecule has 2 saturated heterocycles. The van der Waals surface area contributed by atoms with Gasteiger partial charge in [0.1, 0.15) is 5.75 Å². The summed E-state index contributed by atoms with van der Waals surface area (Å²) in [5, 5.41) is 0. The van der Waals surface area contributed by atoms with Crippen molar-refractivity contribution >= 4 is 35.1 Å². The second kappa shape index (κ2) is 7.65. The Balaban J connectivity index is 1.16. The number of carbonyl (C=O) groups is 4. The normalized spacial score (nSPS) is 29.3. The molecule has 172 valence electrons. The first-order chi connectivity index (χ1) is 16.4. The van der Waals surface area contributed by atoms with Crippen LogP contribution in [-0.4, -0.2) is 30.2 Å². The maximum atomic E-state index is 13.1. The summed E-state index contributed by atoms with van der Waals surface area (Å²) < 4.78 is 5.59. The van der Waals surface area contributed by atoms with Crippen LogP contribution in [0.4, 0.5) is 11.4 Å². The molecule has 1 saturated carbocycles. The number of imide groups is 1. The van der Waals surface area contributed by atoms with Crippen LogP contribution in [0.25, 0.3) is 0 Å². The Labute approximate surface area is 197 Å². The summed E-state index contributed by atoms with van der Waals surface area (Å²) in [6.07, 6.45) is 5.13. The van der Waals surface area contributed by atoms with Crippen LogP contribution in [0, 0.1) is 36.5 Å². The lowest BCUT2D eigenvalue weighted by Crippen LogP contribution is -2.33. The summed E-state index contributed by atoms with van der Waals surface area (Å²) in [4.78, 5) is 54.3. The second-order valence-electron chi connectivity index (χ2n) is 9.62. The topological polar surface area (TPSA) is 84.0 Å². The zero-order valence-electron chi connectivity index (χ0n) is 18.7. The van der Waals surface area contributed by atoms with E-state index in [1.807, 2.05) is 30.3 Å². The van der Waals surface area contributed by atoms with Crippen molar-refractivity contribution in [1.82, 2.24) is 0 Å². The molecule has 4 aliphatic rings. The fraction of sp³-hybridized carbons (Fsp3) is 0.333. The summed E-state index contributed by atoms with van der Waals surface area (Å²) in [6.45, 7) is 2.07. The van der Waals surface area contributed by atoms with Gasteiger partial charge in [-0.15, -0.1) is 0 Å². The van der Waals surface area contributed by atoms with Crippen molar-refractivity contribution < 1.29 is 23.9 Å². The van der Waals surface area contributed by atoms with E-state index in [-0.39, 0.29) is 54.4 Å². The van der Waals surface area contributed by atoms with Gasteiger partial charge in [-0.1, -0.05) is 30.4 Å². The number of carbonyl (C=O) groups excluding carboxylic acids is 4. The van der Waals surface area contributed by atoms with E-state index in [2.05, 4.69) is 12.2 Å². The molecule has 3 amide bonds. The number of hydrogen-bond donors (Lipinski definition) is 0. The van der Waals surface area contributed by atoms with Gasteiger partial charge in [-0.3, -0.25) is 19.2 Å². The van der Waals surface area contributed by atoms with Crippen LogP contribution >= 0.6 is 0 Å². The first-order valence-corrected chi connectivity index (χ1v) is 11.7. The molecule has 3 fully saturated rings. The van der Waals surface area contributed by atoms with E-state index in [0.717, 1.165) is 12.1 Å². The highest BCUT2D eigenvalue weighted by molar-refractivity contribution is 6.23. The number of nitrogens with zero attached hydrogens (tertiary/aromatic N) is 2. The van der Waals surface area contributed by atoms with E-state index in [1.54, 1.807) is 30.0 Å². The maximum Gasteiger partial charge on any atom is 0.316 e. The van der Waals surface area contributed by atoms with Crippen molar-refractivity contribution in [2.24, 2.45) is 29.6 Å².